The SMILES string of the molecule is O=c1[nH]c(CC2CCCS(=O)(=O)C2)no1. The molecule has 1 aromatic rings. The van der Waals surface area contributed by atoms with Gasteiger partial charge in [-0.15, -0.1) is 0 Å². The van der Waals surface area contributed by atoms with Crippen LogP contribution in [-0.2, 0) is 16.3 Å². The van der Waals surface area contributed by atoms with E-state index in [1.807, 2.05) is 0 Å². The second kappa shape index (κ2) is 3.80. The third kappa shape index (κ3) is 2.68. The van der Waals surface area contributed by atoms with Gasteiger partial charge < -0.3 is 0 Å². The molecule has 2 rings (SSSR count). The lowest BCUT2D eigenvalue weighted by molar-refractivity contribution is 0.375. The molecule has 1 fully saturated rings. The number of H-pyrrole nitrogens is 1. The van der Waals surface area contributed by atoms with Crippen LogP contribution in [-0.4, -0.2) is 30.1 Å². The Hall–Kier alpha value is -1.11. The molecule has 0 bridgehead atoms. The number of hydrogen-bond acceptors (Lipinski definition) is 5. The van der Waals surface area contributed by atoms with Crippen molar-refractivity contribution in [2.24, 2.45) is 5.92 Å². The molecule has 2 heterocycles. The molecule has 1 aliphatic heterocycles. The molecular formula is C8H12N2O4S. The van der Waals surface area contributed by atoms with Gasteiger partial charge in [-0.05, 0) is 18.8 Å². The van der Waals surface area contributed by atoms with Crippen molar-refractivity contribution in [3.8, 4) is 0 Å². The number of rotatable bonds is 2. The van der Waals surface area contributed by atoms with Crippen LogP contribution in [0.2, 0.25) is 0 Å². The third-order valence-corrected chi connectivity index (χ3v) is 4.41. The normalized spacial score (nSPS) is 25.2. The summed E-state index contributed by atoms with van der Waals surface area (Å²) >= 11 is 0. The zero-order valence-corrected chi connectivity index (χ0v) is 8.92. The van der Waals surface area contributed by atoms with Crippen LogP contribution in [0, 0.1) is 5.92 Å². The molecule has 1 aliphatic rings. The number of nitrogens with zero attached hydrogens (tertiary/aromatic N) is 1. The van der Waals surface area contributed by atoms with Crippen LogP contribution < -0.4 is 5.76 Å². The van der Waals surface area contributed by atoms with Gasteiger partial charge in [0.15, 0.2) is 15.7 Å². The van der Waals surface area contributed by atoms with Gasteiger partial charge in [0.25, 0.3) is 0 Å². The topological polar surface area (TPSA) is 93.0 Å². The Kier molecular flexibility index (Phi) is 2.64. The summed E-state index contributed by atoms with van der Waals surface area (Å²) in [6, 6.07) is 0. The molecule has 0 radical (unpaired) electrons. The highest BCUT2D eigenvalue weighted by Crippen LogP contribution is 2.20. The maximum atomic E-state index is 11.3. The van der Waals surface area contributed by atoms with E-state index in [1.54, 1.807) is 0 Å². The number of hydrogen-bond donors (Lipinski definition) is 1. The maximum Gasteiger partial charge on any atom is 0.438 e. The average Bonchev–Trinajstić information content (AvgIpc) is 2.49. The maximum absolute atomic E-state index is 11.3. The van der Waals surface area contributed by atoms with Gasteiger partial charge >= 0.3 is 5.76 Å². The van der Waals surface area contributed by atoms with E-state index in [2.05, 4.69) is 14.7 Å². The Bertz CT molecular complexity index is 487. The fraction of sp³-hybridized carbons (Fsp3) is 0.750. The highest BCUT2D eigenvalue weighted by atomic mass is 32.2. The summed E-state index contributed by atoms with van der Waals surface area (Å²) in [6.07, 6.45) is 2.01. The minimum atomic E-state index is -2.90. The van der Waals surface area contributed by atoms with Gasteiger partial charge in [-0.3, -0.25) is 9.51 Å². The van der Waals surface area contributed by atoms with Gasteiger partial charge in [-0.25, -0.2) is 13.2 Å². The van der Waals surface area contributed by atoms with Crippen LogP contribution in [0.5, 0.6) is 0 Å². The van der Waals surface area contributed by atoms with Crippen molar-refractivity contribution in [3.05, 3.63) is 16.4 Å². The number of nitrogens with one attached hydrogen (secondary N) is 1. The average molecular weight is 232 g/mol. The highest BCUT2D eigenvalue weighted by molar-refractivity contribution is 7.91. The lowest BCUT2D eigenvalue weighted by Gasteiger charge is -2.20. The minimum Gasteiger partial charge on any atom is -0.296 e. The molecule has 1 aromatic heterocycles. The Labute approximate surface area is 86.6 Å². The lowest BCUT2D eigenvalue weighted by Crippen LogP contribution is -2.26. The molecule has 1 atom stereocenters. The monoisotopic (exact) mass is 232 g/mol. The summed E-state index contributed by atoms with van der Waals surface area (Å²) in [5, 5.41) is 3.52. The summed E-state index contributed by atoms with van der Waals surface area (Å²) in [5.74, 6) is 0.344. The van der Waals surface area contributed by atoms with Gasteiger partial charge in [0.1, 0.15) is 0 Å². The molecule has 0 aliphatic carbocycles. The van der Waals surface area contributed by atoms with Crippen molar-refractivity contribution >= 4 is 9.84 Å². The first-order valence-electron chi connectivity index (χ1n) is 4.80. The van der Waals surface area contributed by atoms with E-state index >= 15 is 0 Å². The molecule has 0 saturated carbocycles. The summed E-state index contributed by atoms with van der Waals surface area (Å²) in [6.45, 7) is 0. The molecule has 0 aromatic carbocycles. The van der Waals surface area contributed by atoms with Crippen LogP contribution in [0.3, 0.4) is 0 Å². The quantitative estimate of drug-likeness (QED) is 0.757. The Morgan fingerprint density at radius 1 is 1.53 bits per heavy atom. The molecule has 1 N–H and O–H groups in total. The lowest BCUT2D eigenvalue weighted by atomic mass is 10.0. The van der Waals surface area contributed by atoms with Crippen LogP contribution in [0.1, 0.15) is 18.7 Å². The molecule has 7 heteroatoms. The smallest absolute Gasteiger partial charge is 0.296 e. The molecule has 0 amide bonds. The van der Waals surface area contributed by atoms with E-state index in [9.17, 15) is 13.2 Å². The van der Waals surface area contributed by atoms with Crippen molar-refractivity contribution in [1.82, 2.24) is 10.1 Å². The van der Waals surface area contributed by atoms with E-state index in [-0.39, 0.29) is 17.4 Å². The van der Waals surface area contributed by atoms with E-state index in [0.29, 0.717) is 18.7 Å². The van der Waals surface area contributed by atoms with E-state index in [4.69, 9.17) is 0 Å². The fourth-order valence-corrected chi connectivity index (χ4v) is 3.68. The second-order valence-corrected chi connectivity index (χ2v) is 6.10. The second-order valence-electron chi connectivity index (χ2n) is 3.87. The molecule has 1 unspecified atom stereocenters. The standard InChI is InChI=1S/C8H12N2O4S/c11-8-9-7(10-14-8)4-6-2-1-3-15(12,13)5-6/h6H,1-5H2,(H,9,10,11). The van der Waals surface area contributed by atoms with Crippen LogP contribution >= 0.6 is 0 Å². The summed E-state index contributed by atoms with van der Waals surface area (Å²) in [7, 11) is -2.90. The van der Waals surface area contributed by atoms with Gasteiger partial charge in [0, 0.05) is 6.42 Å². The Morgan fingerprint density at radius 3 is 2.93 bits per heavy atom. The third-order valence-electron chi connectivity index (χ3n) is 2.52. The fourth-order valence-electron chi connectivity index (χ4n) is 1.90. The Morgan fingerprint density at radius 2 is 2.33 bits per heavy atom. The number of aromatic nitrogens is 2. The van der Waals surface area contributed by atoms with Gasteiger partial charge in [0.2, 0.25) is 0 Å². The van der Waals surface area contributed by atoms with E-state index in [0.717, 1.165) is 6.42 Å². The van der Waals surface area contributed by atoms with Crippen molar-refractivity contribution in [2.45, 2.75) is 19.3 Å². The molecular weight excluding hydrogens is 220 g/mol. The number of aromatic amines is 1. The van der Waals surface area contributed by atoms with Crippen LogP contribution in [0.4, 0.5) is 0 Å². The first kappa shape index (κ1) is 10.4. The zero-order valence-electron chi connectivity index (χ0n) is 8.10. The van der Waals surface area contributed by atoms with Crippen LogP contribution in [0.15, 0.2) is 9.32 Å². The predicted octanol–water partition coefficient (Wildman–Crippen LogP) is -0.270. The highest BCUT2D eigenvalue weighted by Gasteiger charge is 2.25. The number of sulfone groups is 1. The van der Waals surface area contributed by atoms with Gasteiger partial charge in [-0.1, -0.05) is 5.16 Å². The van der Waals surface area contributed by atoms with Gasteiger partial charge in [0.05, 0.1) is 11.5 Å². The van der Waals surface area contributed by atoms with Crippen molar-refractivity contribution < 1.29 is 12.9 Å². The summed E-state index contributed by atoms with van der Waals surface area (Å²) in [4.78, 5) is 13.1. The predicted molar refractivity (Wildman–Crippen MR) is 52.2 cm³/mol. The van der Waals surface area contributed by atoms with Crippen LogP contribution in [0.25, 0.3) is 0 Å². The largest absolute Gasteiger partial charge is 0.438 e. The van der Waals surface area contributed by atoms with Crippen molar-refractivity contribution in [2.75, 3.05) is 11.5 Å². The molecule has 15 heavy (non-hydrogen) atoms. The minimum absolute atomic E-state index is 0.0458. The molecule has 6 nitrogen and oxygen atoms in total. The first-order chi connectivity index (χ1) is 7.05. The van der Waals surface area contributed by atoms with Crippen molar-refractivity contribution in [3.63, 3.8) is 0 Å². The molecule has 1 saturated heterocycles. The summed E-state index contributed by atoms with van der Waals surface area (Å²) in [5.41, 5.74) is 0. The molecule has 84 valence electrons. The molecule has 0 spiro atoms. The Balaban J connectivity index is 2.04. The van der Waals surface area contributed by atoms with Gasteiger partial charge in [-0.2, -0.15) is 0 Å². The van der Waals surface area contributed by atoms with E-state index in [1.165, 1.54) is 0 Å². The van der Waals surface area contributed by atoms with Crippen molar-refractivity contribution in [1.29, 1.82) is 0 Å². The first-order valence-corrected chi connectivity index (χ1v) is 6.62. The zero-order chi connectivity index (χ0) is 10.9. The van der Waals surface area contributed by atoms with E-state index < -0.39 is 15.6 Å². The summed E-state index contributed by atoms with van der Waals surface area (Å²) < 4.78 is 27.0.